The van der Waals surface area contributed by atoms with E-state index < -0.39 is 0 Å². The van der Waals surface area contributed by atoms with Gasteiger partial charge in [-0.2, -0.15) is 0 Å². The maximum Gasteiger partial charge on any atom is 0.237 e. The third kappa shape index (κ3) is 4.21. The lowest BCUT2D eigenvalue weighted by atomic mass is 10.1. The minimum Gasteiger partial charge on any atom is -0.463 e. The van der Waals surface area contributed by atoms with Gasteiger partial charge in [-0.15, -0.1) is 0 Å². The van der Waals surface area contributed by atoms with Crippen molar-refractivity contribution in [2.24, 2.45) is 0 Å². The van der Waals surface area contributed by atoms with E-state index in [2.05, 4.69) is 21.4 Å². The Morgan fingerprint density at radius 1 is 1.13 bits per heavy atom. The highest BCUT2D eigenvalue weighted by Crippen LogP contribution is 2.35. The van der Waals surface area contributed by atoms with E-state index in [1.807, 2.05) is 57.2 Å². The van der Waals surface area contributed by atoms with Crippen molar-refractivity contribution < 1.29 is 13.6 Å². The van der Waals surface area contributed by atoms with Crippen LogP contribution in [-0.4, -0.2) is 21.1 Å². The van der Waals surface area contributed by atoms with Crippen LogP contribution in [0.25, 0.3) is 22.9 Å². The first-order valence-corrected chi connectivity index (χ1v) is 10.7. The van der Waals surface area contributed by atoms with Gasteiger partial charge in [0, 0.05) is 5.69 Å². The maximum absolute atomic E-state index is 12.9. The number of hydrogen-bond donors (Lipinski definition) is 2. The Morgan fingerprint density at radius 2 is 1.87 bits per heavy atom. The third-order valence-corrected chi connectivity index (χ3v) is 6.01. The van der Waals surface area contributed by atoms with Crippen molar-refractivity contribution in [2.45, 2.75) is 37.6 Å². The van der Waals surface area contributed by atoms with Crippen LogP contribution in [0.1, 0.15) is 24.5 Å². The molecule has 154 valence electrons. The van der Waals surface area contributed by atoms with E-state index in [1.54, 1.807) is 12.5 Å². The molecule has 0 aliphatic rings. The Labute approximate surface area is 179 Å². The number of anilines is 1. The Kier molecular flexibility index (Phi) is 5.81. The molecule has 3 heterocycles. The number of benzene rings is 1. The monoisotopic (exact) mass is 421 g/mol. The fourth-order valence-electron chi connectivity index (χ4n) is 3.22. The number of hydrogen-bond acceptors (Lipinski definition) is 5. The highest BCUT2D eigenvalue weighted by atomic mass is 32.2. The summed E-state index contributed by atoms with van der Waals surface area (Å²) in [5, 5.41) is 3.38. The van der Waals surface area contributed by atoms with Crippen LogP contribution in [0, 0.1) is 13.8 Å². The smallest absolute Gasteiger partial charge is 0.237 e. The number of rotatable bonds is 7. The molecule has 0 radical (unpaired) electrons. The summed E-state index contributed by atoms with van der Waals surface area (Å²) in [6, 6.07) is 13.3. The zero-order valence-corrected chi connectivity index (χ0v) is 17.9. The van der Waals surface area contributed by atoms with Crippen molar-refractivity contribution in [3.05, 3.63) is 66.1 Å². The quantitative estimate of drug-likeness (QED) is 0.355. The second-order valence-electron chi connectivity index (χ2n) is 7.04. The number of furan rings is 2. The van der Waals surface area contributed by atoms with Crippen molar-refractivity contribution in [3.63, 3.8) is 0 Å². The van der Waals surface area contributed by atoms with E-state index in [0.717, 1.165) is 16.9 Å². The van der Waals surface area contributed by atoms with Gasteiger partial charge in [0.25, 0.3) is 0 Å². The molecule has 2 N–H and O–H groups in total. The molecule has 0 saturated heterocycles. The van der Waals surface area contributed by atoms with Gasteiger partial charge in [0.15, 0.2) is 16.7 Å². The fourth-order valence-corrected chi connectivity index (χ4v) is 4.13. The summed E-state index contributed by atoms with van der Waals surface area (Å²) < 4.78 is 11.1. The van der Waals surface area contributed by atoms with E-state index >= 15 is 0 Å². The molecule has 0 bridgehead atoms. The Bertz CT molecular complexity index is 1080. The first-order valence-electron chi connectivity index (χ1n) is 9.77. The van der Waals surface area contributed by atoms with E-state index in [1.165, 1.54) is 17.3 Å². The average Bonchev–Trinajstić information content (AvgIpc) is 3.48. The molecule has 0 saturated carbocycles. The molecule has 0 aliphatic carbocycles. The average molecular weight is 422 g/mol. The summed E-state index contributed by atoms with van der Waals surface area (Å²) in [5.41, 5.74) is 4.42. The molecule has 1 aromatic carbocycles. The van der Waals surface area contributed by atoms with Crippen molar-refractivity contribution in [1.82, 2.24) is 9.97 Å². The molecular weight excluding hydrogens is 398 g/mol. The van der Waals surface area contributed by atoms with Crippen molar-refractivity contribution in [3.8, 4) is 22.9 Å². The van der Waals surface area contributed by atoms with Crippen molar-refractivity contribution >= 4 is 23.4 Å². The summed E-state index contributed by atoms with van der Waals surface area (Å²) in [5.74, 6) is 1.25. The Morgan fingerprint density at radius 3 is 2.50 bits per heavy atom. The Balaban J connectivity index is 1.57. The molecule has 0 spiro atoms. The van der Waals surface area contributed by atoms with Crippen molar-refractivity contribution in [1.29, 1.82) is 0 Å². The minimum absolute atomic E-state index is 0.0510. The van der Waals surface area contributed by atoms with E-state index in [4.69, 9.17) is 8.83 Å². The number of nitrogens with zero attached hydrogens (tertiary/aromatic N) is 1. The van der Waals surface area contributed by atoms with Gasteiger partial charge < -0.3 is 19.1 Å². The zero-order valence-electron chi connectivity index (χ0n) is 17.1. The number of H-pyrrole nitrogens is 1. The number of aryl methyl sites for hydroxylation is 2. The van der Waals surface area contributed by atoms with Crippen LogP contribution >= 0.6 is 11.8 Å². The van der Waals surface area contributed by atoms with Gasteiger partial charge in [0.2, 0.25) is 5.91 Å². The highest BCUT2D eigenvalue weighted by molar-refractivity contribution is 8.00. The van der Waals surface area contributed by atoms with Crippen LogP contribution in [0.3, 0.4) is 0 Å². The molecule has 30 heavy (non-hydrogen) atoms. The molecule has 7 heteroatoms. The van der Waals surface area contributed by atoms with Gasteiger partial charge in [-0.05, 0) is 56.2 Å². The summed E-state index contributed by atoms with van der Waals surface area (Å²) in [4.78, 5) is 20.9. The number of nitrogens with one attached hydrogen (secondary N) is 2. The predicted octanol–water partition coefficient (Wildman–Crippen LogP) is 6.06. The van der Waals surface area contributed by atoms with Gasteiger partial charge in [0.05, 0.1) is 17.8 Å². The summed E-state index contributed by atoms with van der Waals surface area (Å²) in [6.07, 6.45) is 3.88. The topological polar surface area (TPSA) is 84.1 Å². The number of aromatic nitrogens is 2. The number of carbonyl (C=O) groups is 1. The molecule has 1 unspecified atom stereocenters. The van der Waals surface area contributed by atoms with Crippen LogP contribution in [0.15, 0.2) is 69.0 Å². The largest absolute Gasteiger partial charge is 0.463 e. The third-order valence-electron chi connectivity index (χ3n) is 4.76. The number of aromatic amines is 1. The van der Waals surface area contributed by atoms with Crippen molar-refractivity contribution in [2.75, 3.05) is 5.32 Å². The highest BCUT2D eigenvalue weighted by Gasteiger charge is 2.24. The molecule has 4 aromatic rings. The second-order valence-corrected chi connectivity index (χ2v) is 8.23. The lowest BCUT2D eigenvalue weighted by Crippen LogP contribution is -2.25. The number of imidazole rings is 1. The van der Waals surface area contributed by atoms with Crippen LogP contribution < -0.4 is 5.32 Å². The maximum atomic E-state index is 12.9. The first-order chi connectivity index (χ1) is 14.5. The molecule has 1 amide bonds. The molecule has 3 aromatic heterocycles. The minimum atomic E-state index is -0.300. The van der Waals surface area contributed by atoms with Gasteiger partial charge in [0.1, 0.15) is 11.4 Å². The SMILES string of the molecule is CCC(Sc1nc(-c2ccco2)c(-c2ccco2)[nH]1)C(=O)Nc1ccc(C)cc1C. The normalized spacial score (nSPS) is 12.1. The lowest BCUT2D eigenvalue weighted by molar-refractivity contribution is -0.115. The standard InChI is InChI=1S/C23H23N3O3S/c1-4-19(22(27)24-16-10-9-14(2)13-15(16)3)30-23-25-20(17-7-5-11-28-17)21(26-23)18-8-6-12-29-18/h5-13,19H,4H2,1-3H3,(H,24,27)(H,25,26). The molecular formula is C23H23N3O3S. The second kappa shape index (κ2) is 8.67. The van der Waals surface area contributed by atoms with Gasteiger partial charge in [-0.3, -0.25) is 4.79 Å². The van der Waals surface area contributed by atoms with Crippen LogP contribution in [0.5, 0.6) is 0 Å². The molecule has 0 aliphatic heterocycles. The number of thioether (sulfide) groups is 1. The molecule has 0 fully saturated rings. The van der Waals surface area contributed by atoms with E-state index in [0.29, 0.717) is 28.8 Å². The zero-order chi connectivity index (χ0) is 21.1. The van der Waals surface area contributed by atoms with Crippen LogP contribution in [0.2, 0.25) is 0 Å². The lowest BCUT2D eigenvalue weighted by Gasteiger charge is -2.15. The molecule has 4 rings (SSSR count). The van der Waals surface area contributed by atoms with E-state index in [9.17, 15) is 4.79 Å². The summed E-state index contributed by atoms with van der Waals surface area (Å²) in [7, 11) is 0. The van der Waals surface area contributed by atoms with Gasteiger partial charge >= 0.3 is 0 Å². The predicted molar refractivity (Wildman–Crippen MR) is 118 cm³/mol. The molecule has 1 atom stereocenters. The van der Waals surface area contributed by atoms with Crippen LogP contribution in [-0.2, 0) is 4.79 Å². The summed E-state index contributed by atoms with van der Waals surface area (Å²) >= 11 is 1.39. The van der Waals surface area contributed by atoms with Crippen LogP contribution in [0.4, 0.5) is 5.69 Å². The number of amides is 1. The fraction of sp³-hybridized carbons (Fsp3) is 0.217. The first kappa shape index (κ1) is 20.1. The van der Waals surface area contributed by atoms with E-state index in [-0.39, 0.29) is 11.2 Å². The number of carbonyl (C=O) groups excluding carboxylic acids is 1. The Hall–Kier alpha value is -3.19. The summed E-state index contributed by atoms with van der Waals surface area (Å²) in [6.45, 7) is 6.02. The van der Waals surface area contributed by atoms with Gasteiger partial charge in [-0.25, -0.2) is 4.98 Å². The molecule has 6 nitrogen and oxygen atoms in total. The van der Waals surface area contributed by atoms with Gasteiger partial charge in [-0.1, -0.05) is 36.4 Å².